The molecule has 1 aromatic carbocycles. The Balaban J connectivity index is 2.15. The van der Waals surface area contributed by atoms with Crippen LogP contribution in [0.25, 0.3) is 0 Å². The second-order valence-electron chi connectivity index (χ2n) is 5.25. The van der Waals surface area contributed by atoms with Crippen LogP contribution in [0.15, 0.2) is 18.2 Å². The van der Waals surface area contributed by atoms with Crippen LogP contribution in [0.3, 0.4) is 0 Å². The van der Waals surface area contributed by atoms with E-state index < -0.39 is 4.92 Å². The lowest BCUT2D eigenvalue weighted by atomic mass is 10.0. The highest BCUT2D eigenvalue weighted by molar-refractivity contribution is 5.60. The maximum Gasteiger partial charge on any atom is 0.287 e. The van der Waals surface area contributed by atoms with Gasteiger partial charge in [0.25, 0.3) is 5.69 Å². The molecule has 0 aliphatic carbocycles. The van der Waals surface area contributed by atoms with Crippen LogP contribution in [0.2, 0.25) is 0 Å². The van der Waals surface area contributed by atoms with E-state index in [1.54, 1.807) is 12.1 Å². The van der Waals surface area contributed by atoms with Gasteiger partial charge >= 0.3 is 0 Å². The molecule has 1 aliphatic heterocycles. The molecule has 1 heterocycles. The normalized spacial score (nSPS) is 16.2. The molecule has 2 rings (SSSR count). The third kappa shape index (κ3) is 2.89. The van der Waals surface area contributed by atoms with Gasteiger partial charge in [-0.05, 0) is 39.1 Å². The third-order valence-electron chi connectivity index (χ3n) is 3.86. The van der Waals surface area contributed by atoms with E-state index in [1.807, 2.05) is 6.07 Å². The highest BCUT2D eigenvalue weighted by Gasteiger charge is 2.22. The minimum Gasteiger partial charge on any atom is -0.371 e. The van der Waals surface area contributed by atoms with Gasteiger partial charge in [0, 0.05) is 30.9 Å². The van der Waals surface area contributed by atoms with E-state index >= 15 is 0 Å². The molecule has 0 atom stereocenters. The van der Waals surface area contributed by atoms with Crippen LogP contribution in [0.4, 0.5) is 11.4 Å². The van der Waals surface area contributed by atoms with Crippen molar-refractivity contribution in [2.75, 3.05) is 32.1 Å². The van der Waals surface area contributed by atoms with Crippen molar-refractivity contribution in [1.82, 2.24) is 4.90 Å². The van der Waals surface area contributed by atoms with Crippen LogP contribution in [-0.2, 0) is 0 Å². The number of anilines is 1. The van der Waals surface area contributed by atoms with E-state index in [2.05, 4.69) is 23.9 Å². The van der Waals surface area contributed by atoms with Crippen LogP contribution in [-0.4, -0.2) is 43.0 Å². The van der Waals surface area contributed by atoms with Gasteiger partial charge in [0.15, 0.2) is 0 Å². The van der Waals surface area contributed by atoms with Gasteiger partial charge in [0.05, 0.1) is 4.92 Å². The number of nitriles is 1. The number of benzene rings is 1. The van der Waals surface area contributed by atoms with Gasteiger partial charge < -0.3 is 9.80 Å². The van der Waals surface area contributed by atoms with E-state index in [-0.39, 0.29) is 11.3 Å². The first-order valence-electron chi connectivity index (χ1n) is 6.63. The molecule has 0 aromatic heterocycles. The Hall–Kier alpha value is -2.13. The van der Waals surface area contributed by atoms with Crippen LogP contribution in [0.1, 0.15) is 18.4 Å². The van der Waals surface area contributed by atoms with Crippen LogP contribution >= 0.6 is 0 Å². The predicted molar refractivity (Wildman–Crippen MR) is 76.7 cm³/mol. The van der Waals surface area contributed by atoms with Crippen molar-refractivity contribution in [1.29, 1.82) is 5.26 Å². The second kappa shape index (κ2) is 5.88. The lowest BCUT2D eigenvalue weighted by molar-refractivity contribution is -0.385. The number of nitrogens with zero attached hydrogens (tertiary/aromatic N) is 4. The third-order valence-corrected chi connectivity index (χ3v) is 3.86. The molecule has 0 bridgehead atoms. The first-order chi connectivity index (χ1) is 9.52. The summed E-state index contributed by atoms with van der Waals surface area (Å²) in [5.74, 6) is 0. The first kappa shape index (κ1) is 14.3. The number of hydrogen-bond donors (Lipinski definition) is 0. The molecule has 0 spiro atoms. The molecule has 0 amide bonds. The van der Waals surface area contributed by atoms with Gasteiger partial charge in [0.1, 0.15) is 11.6 Å². The van der Waals surface area contributed by atoms with Gasteiger partial charge in [-0.15, -0.1) is 0 Å². The first-order valence-corrected chi connectivity index (χ1v) is 6.63. The van der Waals surface area contributed by atoms with Crippen LogP contribution < -0.4 is 4.90 Å². The number of hydrogen-bond acceptors (Lipinski definition) is 5. The molecular formula is C14H18N4O2. The Labute approximate surface area is 118 Å². The maximum atomic E-state index is 10.8. The van der Waals surface area contributed by atoms with E-state index in [9.17, 15) is 10.1 Å². The molecule has 0 saturated carbocycles. The molecule has 0 radical (unpaired) electrons. The smallest absolute Gasteiger partial charge is 0.287 e. The zero-order valence-electron chi connectivity index (χ0n) is 11.7. The summed E-state index contributed by atoms with van der Waals surface area (Å²) in [6.45, 7) is 1.82. The lowest BCUT2D eigenvalue weighted by Crippen LogP contribution is -2.42. The predicted octanol–water partition coefficient (Wildman–Crippen LogP) is 2.00. The standard InChI is InChI=1S/C14H18N4O2/c1-16(2)12-5-7-17(8-6-12)13-3-4-14(18(19)20)11(9-13)10-15/h3-4,9,12H,5-8H2,1-2H3. The van der Waals surface area contributed by atoms with Crippen molar-refractivity contribution in [2.45, 2.75) is 18.9 Å². The molecule has 0 N–H and O–H groups in total. The summed E-state index contributed by atoms with van der Waals surface area (Å²) in [5.41, 5.74) is 0.894. The summed E-state index contributed by atoms with van der Waals surface area (Å²) in [5, 5.41) is 19.8. The molecule has 1 fully saturated rings. The topological polar surface area (TPSA) is 73.4 Å². The summed E-state index contributed by atoms with van der Waals surface area (Å²) in [4.78, 5) is 14.7. The zero-order chi connectivity index (χ0) is 14.7. The molecular weight excluding hydrogens is 256 g/mol. The number of nitro benzene ring substituents is 1. The fourth-order valence-electron chi connectivity index (χ4n) is 2.61. The molecule has 106 valence electrons. The van der Waals surface area contributed by atoms with Crippen molar-refractivity contribution in [2.24, 2.45) is 0 Å². The van der Waals surface area contributed by atoms with Crippen molar-refractivity contribution in [3.63, 3.8) is 0 Å². The number of piperidine rings is 1. The number of nitro groups is 1. The van der Waals surface area contributed by atoms with Crippen LogP contribution in [0.5, 0.6) is 0 Å². The molecule has 1 saturated heterocycles. The fraction of sp³-hybridized carbons (Fsp3) is 0.500. The zero-order valence-corrected chi connectivity index (χ0v) is 11.7. The highest BCUT2D eigenvalue weighted by atomic mass is 16.6. The molecule has 6 heteroatoms. The average Bonchev–Trinajstić information content (AvgIpc) is 2.46. The van der Waals surface area contributed by atoms with Crippen molar-refractivity contribution in [3.05, 3.63) is 33.9 Å². The Bertz CT molecular complexity index is 543. The SMILES string of the molecule is CN(C)C1CCN(c2ccc([N+](=O)[O-])c(C#N)c2)CC1. The lowest BCUT2D eigenvalue weighted by Gasteiger charge is -2.36. The van der Waals surface area contributed by atoms with Crippen molar-refractivity contribution < 1.29 is 4.92 Å². The Kier molecular flexibility index (Phi) is 4.20. The summed E-state index contributed by atoms with van der Waals surface area (Å²) < 4.78 is 0. The number of rotatable bonds is 3. The quantitative estimate of drug-likeness (QED) is 0.622. The minimum atomic E-state index is -0.513. The highest BCUT2D eigenvalue weighted by Crippen LogP contribution is 2.27. The molecule has 1 aromatic rings. The van der Waals surface area contributed by atoms with E-state index in [4.69, 9.17) is 5.26 Å². The summed E-state index contributed by atoms with van der Waals surface area (Å²) in [6, 6.07) is 7.26. The minimum absolute atomic E-state index is 0.126. The van der Waals surface area contributed by atoms with Crippen molar-refractivity contribution in [3.8, 4) is 6.07 Å². The Morgan fingerprint density at radius 3 is 2.55 bits per heavy atom. The Morgan fingerprint density at radius 1 is 1.40 bits per heavy atom. The Morgan fingerprint density at radius 2 is 2.05 bits per heavy atom. The maximum absolute atomic E-state index is 10.8. The van der Waals surface area contributed by atoms with Gasteiger partial charge in [-0.3, -0.25) is 10.1 Å². The molecule has 6 nitrogen and oxygen atoms in total. The molecule has 0 unspecified atom stereocenters. The van der Waals surface area contributed by atoms with Gasteiger partial charge in [-0.1, -0.05) is 0 Å². The monoisotopic (exact) mass is 274 g/mol. The van der Waals surface area contributed by atoms with Gasteiger partial charge in [-0.2, -0.15) is 5.26 Å². The largest absolute Gasteiger partial charge is 0.371 e. The van der Waals surface area contributed by atoms with Gasteiger partial charge in [-0.25, -0.2) is 0 Å². The summed E-state index contributed by atoms with van der Waals surface area (Å²) in [6.07, 6.45) is 2.12. The van der Waals surface area contributed by atoms with Crippen LogP contribution in [0, 0.1) is 21.4 Å². The van der Waals surface area contributed by atoms with E-state index in [0.29, 0.717) is 6.04 Å². The molecule has 1 aliphatic rings. The summed E-state index contributed by atoms with van der Waals surface area (Å²) in [7, 11) is 4.17. The van der Waals surface area contributed by atoms with E-state index in [1.165, 1.54) is 6.07 Å². The fourth-order valence-corrected chi connectivity index (χ4v) is 2.61. The van der Waals surface area contributed by atoms with Crippen molar-refractivity contribution >= 4 is 11.4 Å². The summed E-state index contributed by atoms with van der Waals surface area (Å²) >= 11 is 0. The van der Waals surface area contributed by atoms with E-state index in [0.717, 1.165) is 31.6 Å². The molecule has 20 heavy (non-hydrogen) atoms. The average molecular weight is 274 g/mol. The van der Waals surface area contributed by atoms with Gasteiger partial charge in [0.2, 0.25) is 0 Å². The second-order valence-corrected chi connectivity index (χ2v) is 5.25.